The van der Waals surface area contributed by atoms with Gasteiger partial charge in [0.2, 0.25) is 0 Å². The predicted octanol–water partition coefficient (Wildman–Crippen LogP) is 2.08. The van der Waals surface area contributed by atoms with Gasteiger partial charge in [-0.1, -0.05) is 19.8 Å². The summed E-state index contributed by atoms with van der Waals surface area (Å²) in [5.41, 5.74) is -0.722. The van der Waals surface area contributed by atoms with E-state index in [0.29, 0.717) is 31.2 Å². The Kier molecular flexibility index (Phi) is 4.45. The van der Waals surface area contributed by atoms with Crippen LogP contribution in [0.15, 0.2) is 0 Å². The fourth-order valence-electron chi connectivity index (χ4n) is 2.52. The van der Waals surface area contributed by atoms with Crippen LogP contribution >= 0.6 is 0 Å². The van der Waals surface area contributed by atoms with Crippen molar-refractivity contribution in [1.29, 1.82) is 0 Å². The van der Waals surface area contributed by atoms with E-state index in [-0.39, 0.29) is 0 Å². The topological polar surface area (TPSA) is 41.5 Å². The van der Waals surface area contributed by atoms with Crippen LogP contribution in [0.25, 0.3) is 0 Å². The van der Waals surface area contributed by atoms with Crippen LogP contribution in [0.1, 0.15) is 52.4 Å². The van der Waals surface area contributed by atoms with E-state index in [2.05, 4.69) is 12.2 Å². The maximum Gasteiger partial charge on any atom is 0.0975 e. The number of rotatable bonds is 6. The second-order valence-electron chi connectivity index (χ2n) is 6.26. The second-order valence-corrected chi connectivity index (χ2v) is 6.26. The molecule has 2 saturated carbocycles. The van der Waals surface area contributed by atoms with Crippen molar-refractivity contribution in [2.24, 2.45) is 5.92 Å². The van der Waals surface area contributed by atoms with Gasteiger partial charge in [0.05, 0.1) is 18.3 Å². The minimum atomic E-state index is -0.722. The van der Waals surface area contributed by atoms with Gasteiger partial charge in [-0.25, -0.2) is 0 Å². The highest BCUT2D eigenvalue weighted by atomic mass is 16.5. The summed E-state index contributed by atoms with van der Waals surface area (Å²) in [6.45, 7) is 5.25. The first kappa shape index (κ1) is 13.3. The molecule has 0 amide bonds. The number of aliphatic hydroxyl groups is 1. The molecule has 3 nitrogen and oxygen atoms in total. The zero-order chi connectivity index (χ0) is 12.3. The van der Waals surface area contributed by atoms with Gasteiger partial charge in [0.1, 0.15) is 0 Å². The highest BCUT2D eigenvalue weighted by Gasteiger charge is 2.29. The summed E-state index contributed by atoms with van der Waals surface area (Å²) in [5.74, 6) is 0.649. The summed E-state index contributed by atoms with van der Waals surface area (Å²) < 4.78 is 5.92. The third-order valence-electron chi connectivity index (χ3n) is 3.99. The van der Waals surface area contributed by atoms with E-state index in [0.717, 1.165) is 6.42 Å². The van der Waals surface area contributed by atoms with Gasteiger partial charge in [-0.2, -0.15) is 0 Å². The molecule has 0 saturated heterocycles. The average Bonchev–Trinajstić information content (AvgIpc) is 3.09. The molecule has 0 aromatic rings. The molecule has 2 aliphatic rings. The normalized spacial score (nSPS) is 33.4. The van der Waals surface area contributed by atoms with Gasteiger partial charge < -0.3 is 15.2 Å². The fourth-order valence-corrected chi connectivity index (χ4v) is 2.52. The van der Waals surface area contributed by atoms with Gasteiger partial charge in [0, 0.05) is 12.6 Å². The van der Waals surface area contributed by atoms with Crippen LogP contribution in [0, 0.1) is 5.92 Å². The molecule has 100 valence electrons. The molecule has 2 rings (SSSR count). The highest BCUT2D eigenvalue weighted by molar-refractivity contribution is 4.86. The minimum absolute atomic E-state index is 0.358. The van der Waals surface area contributed by atoms with E-state index in [9.17, 15) is 5.11 Å². The SMILES string of the molecule is CC1CCCCC1OCC(C)(O)CNC1CC1. The largest absolute Gasteiger partial charge is 0.386 e. The predicted molar refractivity (Wildman–Crippen MR) is 69.0 cm³/mol. The average molecular weight is 241 g/mol. The molecule has 17 heavy (non-hydrogen) atoms. The Hall–Kier alpha value is -0.120. The smallest absolute Gasteiger partial charge is 0.0975 e. The van der Waals surface area contributed by atoms with Gasteiger partial charge in [-0.15, -0.1) is 0 Å². The van der Waals surface area contributed by atoms with Crippen molar-refractivity contribution >= 4 is 0 Å². The summed E-state index contributed by atoms with van der Waals surface area (Å²) in [7, 11) is 0. The van der Waals surface area contributed by atoms with Crippen molar-refractivity contribution in [2.75, 3.05) is 13.2 Å². The van der Waals surface area contributed by atoms with Crippen LogP contribution in [0.3, 0.4) is 0 Å². The van der Waals surface area contributed by atoms with Crippen molar-refractivity contribution < 1.29 is 9.84 Å². The van der Waals surface area contributed by atoms with Crippen molar-refractivity contribution in [2.45, 2.75) is 70.1 Å². The summed E-state index contributed by atoms with van der Waals surface area (Å²) in [5, 5.41) is 13.6. The monoisotopic (exact) mass is 241 g/mol. The van der Waals surface area contributed by atoms with Gasteiger partial charge in [-0.3, -0.25) is 0 Å². The van der Waals surface area contributed by atoms with Gasteiger partial charge in [0.25, 0.3) is 0 Å². The highest BCUT2D eigenvalue weighted by Crippen LogP contribution is 2.27. The lowest BCUT2D eigenvalue weighted by Crippen LogP contribution is -2.44. The Balaban J connectivity index is 1.67. The van der Waals surface area contributed by atoms with Crippen LogP contribution in [0.4, 0.5) is 0 Å². The summed E-state index contributed by atoms with van der Waals surface area (Å²) in [4.78, 5) is 0. The molecule has 0 heterocycles. The first-order valence-corrected chi connectivity index (χ1v) is 7.14. The molecular formula is C14H27NO2. The van der Waals surface area contributed by atoms with E-state index < -0.39 is 5.60 Å². The minimum Gasteiger partial charge on any atom is -0.386 e. The van der Waals surface area contributed by atoms with Gasteiger partial charge in [-0.05, 0) is 38.5 Å². The number of ether oxygens (including phenoxy) is 1. The van der Waals surface area contributed by atoms with Crippen LogP contribution < -0.4 is 5.32 Å². The molecule has 0 radical (unpaired) electrons. The third kappa shape index (κ3) is 4.57. The molecule has 3 atom stereocenters. The molecule has 0 aromatic heterocycles. The van der Waals surface area contributed by atoms with Crippen molar-refractivity contribution in [1.82, 2.24) is 5.32 Å². The number of hydrogen-bond acceptors (Lipinski definition) is 3. The van der Waals surface area contributed by atoms with E-state index in [1.165, 1.54) is 32.1 Å². The first-order valence-electron chi connectivity index (χ1n) is 7.14. The lowest BCUT2D eigenvalue weighted by atomic mass is 9.88. The van der Waals surface area contributed by atoms with Crippen molar-refractivity contribution in [3.63, 3.8) is 0 Å². The molecule has 2 aliphatic carbocycles. The zero-order valence-electron chi connectivity index (χ0n) is 11.2. The molecule has 0 aliphatic heterocycles. The second kappa shape index (κ2) is 5.68. The van der Waals surface area contributed by atoms with Crippen LogP contribution in [0.5, 0.6) is 0 Å². The Bertz CT molecular complexity index is 238. The molecule has 2 fully saturated rings. The van der Waals surface area contributed by atoms with Crippen LogP contribution in [-0.4, -0.2) is 36.0 Å². The summed E-state index contributed by atoms with van der Waals surface area (Å²) in [6, 6.07) is 0.648. The molecule has 0 aromatic carbocycles. The first-order chi connectivity index (χ1) is 8.07. The Morgan fingerprint density at radius 3 is 2.59 bits per heavy atom. The summed E-state index contributed by atoms with van der Waals surface area (Å²) >= 11 is 0. The maximum absolute atomic E-state index is 10.2. The standard InChI is InChI=1S/C14H27NO2/c1-11-5-3-4-6-13(11)17-10-14(2,16)9-15-12-7-8-12/h11-13,15-16H,3-10H2,1-2H3. The van der Waals surface area contributed by atoms with Crippen molar-refractivity contribution in [3.8, 4) is 0 Å². The number of nitrogens with one attached hydrogen (secondary N) is 1. The van der Waals surface area contributed by atoms with E-state index >= 15 is 0 Å². The lowest BCUT2D eigenvalue weighted by molar-refractivity contribution is -0.0849. The third-order valence-corrected chi connectivity index (χ3v) is 3.99. The maximum atomic E-state index is 10.2. The Morgan fingerprint density at radius 1 is 1.24 bits per heavy atom. The van der Waals surface area contributed by atoms with E-state index in [1.807, 2.05) is 6.92 Å². The van der Waals surface area contributed by atoms with Gasteiger partial charge in [0.15, 0.2) is 0 Å². The van der Waals surface area contributed by atoms with E-state index in [4.69, 9.17) is 4.74 Å². The van der Waals surface area contributed by atoms with Crippen molar-refractivity contribution in [3.05, 3.63) is 0 Å². The van der Waals surface area contributed by atoms with Crippen LogP contribution in [0.2, 0.25) is 0 Å². The summed E-state index contributed by atoms with van der Waals surface area (Å²) in [6.07, 6.45) is 7.92. The Labute approximate surface area is 105 Å². The Morgan fingerprint density at radius 2 is 1.94 bits per heavy atom. The van der Waals surface area contributed by atoms with Gasteiger partial charge >= 0.3 is 0 Å². The quantitative estimate of drug-likeness (QED) is 0.748. The van der Waals surface area contributed by atoms with Crippen LogP contribution in [-0.2, 0) is 4.74 Å². The molecule has 0 bridgehead atoms. The molecule has 3 unspecified atom stereocenters. The zero-order valence-corrected chi connectivity index (χ0v) is 11.2. The molecule has 2 N–H and O–H groups in total. The molecule has 3 heteroatoms. The molecule has 0 spiro atoms. The lowest BCUT2D eigenvalue weighted by Gasteiger charge is -2.32. The van der Waals surface area contributed by atoms with E-state index in [1.54, 1.807) is 0 Å². The fraction of sp³-hybridized carbons (Fsp3) is 1.00. The number of hydrogen-bond donors (Lipinski definition) is 2. The molecular weight excluding hydrogens is 214 g/mol.